The van der Waals surface area contributed by atoms with Crippen molar-refractivity contribution in [1.29, 1.82) is 0 Å². The van der Waals surface area contributed by atoms with Gasteiger partial charge in [0.1, 0.15) is 0 Å². The summed E-state index contributed by atoms with van der Waals surface area (Å²) in [5.74, 6) is 0.904. The molecular formula is C9H18N2. The van der Waals surface area contributed by atoms with Gasteiger partial charge in [0, 0.05) is 6.54 Å². The molecule has 0 aromatic rings. The molecule has 1 unspecified atom stereocenters. The van der Waals surface area contributed by atoms with Gasteiger partial charge in [-0.25, -0.2) is 0 Å². The molecule has 1 atom stereocenters. The van der Waals surface area contributed by atoms with Crippen molar-refractivity contribution in [2.24, 2.45) is 11.3 Å². The van der Waals surface area contributed by atoms with Gasteiger partial charge in [-0.05, 0) is 44.3 Å². The first-order chi connectivity index (χ1) is 5.37. The van der Waals surface area contributed by atoms with E-state index in [2.05, 4.69) is 17.7 Å². The number of hydrogen-bond donors (Lipinski definition) is 2. The molecule has 2 fully saturated rings. The third-order valence-electron chi connectivity index (χ3n) is 3.53. The van der Waals surface area contributed by atoms with Crippen molar-refractivity contribution >= 4 is 0 Å². The molecule has 1 spiro atoms. The first-order valence-corrected chi connectivity index (χ1v) is 4.73. The Kier molecular flexibility index (Phi) is 1.90. The third-order valence-corrected chi connectivity index (χ3v) is 3.53. The maximum Gasteiger partial charge on any atom is 0.00116 e. The highest BCUT2D eigenvalue weighted by Gasteiger charge is 2.46. The average Bonchev–Trinajstić information content (AvgIpc) is 2.31. The van der Waals surface area contributed by atoms with Crippen LogP contribution in [0.3, 0.4) is 0 Å². The molecule has 0 amide bonds. The van der Waals surface area contributed by atoms with Gasteiger partial charge in [-0.2, -0.15) is 0 Å². The lowest BCUT2D eigenvalue weighted by Crippen LogP contribution is -2.41. The van der Waals surface area contributed by atoms with Crippen LogP contribution >= 0.6 is 0 Å². The average molecular weight is 154 g/mol. The van der Waals surface area contributed by atoms with Crippen molar-refractivity contribution in [2.75, 3.05) is 26.7 Å². The Morgan fingerprint density at radius 1 is 1.55 bits per heavy atom. The highest BCUT2D eigenvalue weighted by atomic mass is 15.0. The van der Waals surface area contributed by atoms with Gasteiger partial charge in [0.2, 0.25) is 0 Å². The van der Waals surface area contributed by atoms with Gasteiger partial charge in [-0.15, -0.1) is 0 Å². The molecule has 1 heterocycles. The molecule has 64 valence electrons. The number of rotatable bonds is 2. The van der Waals surface area contributed by atoms with Crippen molar-refractivity contribution in [3.05, 3.63) is 0 Å². The van der Waals surface area contributed by atoms with Crippen LogP contribution in [0.1, 0.15) is 19.3 Å². The molecule has 1 saturated carbocycles. The minimum absolute atomic E-state index is 0.711. The molecule has 2 N–H and O–H groups in total. The highest BCUT2D eigenvalue weighted by Crippen LogP contribution is 2.48. The summed E-state index contributed by atoms with van der Waals surface area (Å²) in [5, 5.41) is 6.80. The van der Waals surface area contributed by atoms with E-state index in [9.17, 15) is 0 Å². The summed E-state index contributed by atoms with van der Waals surface area (Å²) in [6.07, 6.45) is 4.39. The van der Waals surface area contributed by atoms with E-state index in [1.54, 1.807) is 0 Å². The molecule has 0 bridgehead atoms. The second kappa shape index (κ2) is 2.76. The Morgan fingerprint density at radius 2 is 2.36 bits per heavy atom. The van der Waals surface area contributed by atoms with E-state index in [4.69, 9.17) is 0 Å². The van der Waals surface area contributed by atoms with E-state index in [0.29, 0.717) is 5.41 Å². The normalized spacial score (nSPS) is 34.1. The predicted molar refractivity (Wildman–Crippen MR) is 46.6 cm³/mol. The van der Waals surface area contributed by atoms with Gasteiger partial charge < -0.3 is 10.6 Å². The second-order valence-corrected chi connectivity index (χ2v) is 4.10. The van der Waals surface area contributed by atoms with E-state index in [0.717, 1.165) is 5.92 Å². The molecular weight excluding hydrogens is 136 g/mol. The molecule has 2 aliphatic rings. The number of nitrogens with one attached hydrogen (secondary N) is 2. The van der Waals surface area contributed by atoms with Crippen molar-refractivity contribution < 1.29 is 0 Å². The fourth-order valence-electron chi connectivity index (χ4n) is 2.61. The van der Waals surface area contributed by atoms with E-state index >= 15 is 0 Å². The highest BCUT2D eigenvalue weighted by molar-refractivity contribution is 5.00. The topological polar surface area (TPSA) is 24.1 Å². The summed E-state index contributed by atoms with van der Waals surface area (Å²) < 4.78 is 0. The van der Waals surface area contributed by atoms with Crippen LogP contribution in [0.5, 0.6) is 0 Å². The number of hydrogen-bond acceptors (Lipinski definition) is 2. The molecule has 0 aromatic heterocycles. The molecule has 0 aromatic carbocycles. The maximum absolute atomic E-state index is 3.51. The van der Waals surface area contributed by atoms with Gasteiger partial charge in [0.05, 0.1) is 0 Å². The van der Waals surface area contributed by atoms with E-state index in [1.165, 1.54) is 38.9 Å². The molecule has 0 radical (unpaired) electrons. The van der Waals surface area contributed by atoms with Gasteiger partial charge in [-0.3, -0.25) is 0 Å². The van der Waals surface area contributed by atoms with Crippen LogP contribution in [0.4, 0.5) is 0 Å². The van der Waals surface area contributed by atoms with Crippen LogP contribution in [0.15, 0.2) is 0 Å². The van der Waals surface area contributed by atoms with Crippen molar-refractivity contribution in [1.82, 2.24) is 10.6 Å². The zero-order chi connectivity index (χ0) is 7.73. The summed E-state index contributed by atoms with van der Waals surface area (Å²) in [6.45, 7) is 3.72. The van der Waals surface area contributed by atoms with Crippen LogP contribution < -0.4 is 10.6 Å². The van der Waals surface area contributed by atoms with Crippen LogP contribution in [0.25, 0.3) is 0 Å². The SMILES string of the molecule is CNCC1CNCC12CCC2. The Bertz CT molecular complexity index is 140. The summed E-state index contributed by atoms with van der Waals surface area (Å²) in [5.41, 5.74) is 0.711. The fourth-order valence-corrected chi connectivity index (χ4v) is 2.61. The van der Waals surface area contributed by atoms with Crippen LogP contribution in [-0.4, -0.2) is 26.7 Å². The Hall–Kier alpha value is -0.0800. The smallest absolute Gasteiger partial charge is 0.00116 e. The molecule has 2 rings (SSSR count). The lowest BCUT2D eigenvalue weighted by Gasteiger charge is -2.42. The molecule has 11 heavy (non-hydrogen) atoms. The van der Waals surface area contributed by atoms with Gasteiger partial charge in [0.25, 0.3) is 0 Å². The lowest BCUT2D eigenvalue weighted by atomic mass is 9.63. The Labute approximate surface area is 68.7 Å². The summed E-state index contributed by atoms with van der Waals surface area (Å²) in [7, 11) is 2.06. The van der Waals surface area contributed by atoms with Crippen LogP contribution in [0.2, 0.25) is 0 Å². The van der Waals surface area contributed by atoms with E-state index < -0.39 is 0 Å². The van der Waals surface area contributed by atoms with Crippen LogP contribution in [0, 0.1) is 11.3 Å². The monoisotopic (exact) mass is 154 g/mol. The zero-order valence-corrected chi connectivity index (χ0v) is 7.32. The Balaban J connectivity index is 1.96. The largest absolute Gasteiger partial charge is 0.319 e. The van der Waals surface area contributed by atoms with Crippen molar-refractivity contribution in [3.8, 4) is 0 Å². The quantitative estimate of drug-likeness (QED) is 0.608. The first-order valence-electron chi connectivity index (χ1n) is 4.73. The molecule has 1 aliphatic carbocycles. The molecule has 1 aliphatic heterocycles. The van der Waals surface area contributed by atoms with Crippen LogP contribution in [-0.2, 0) is 0 Å². The van der Waals surface area contributed by atoms with Gasteiger partial charge in [-0.1, -0.05) is 6.42 Å². The van der Waals surface area contributed by atoms with E-state index in [-0.39, 0.29) is 0 Å². The maximum atomic E-state index is 3.51. The molecule has 2 heteroatoms. The Morgan fingerprint density at radius 3 is 2.91 bits per heavy atom. The molecule has 2 nitrogen and oxygen atoms in total. The molecule has 1 saturated heterocycles. The predicted octanol–water partition coefficient (Wildman–Crippen LogP) is 0.595. The van der Waals surface area contributed by atoms with Gasteiger partial charge in [0.15, 0.2) is 0 Å². The van der Waals surface area contributed by atoms with E-state index in [1.807, 2.05) is 0 Å². The lowest BCUT2D eigenvalue weighted by molar-refractivity contribution is 0.0984. The third kappa shape index (κ3) is 1.09. The summed E-state index contributed by atoms with van der Waals surface area (Å²) in [4.78, 5) is 0. The fraction of sp³-hybridized carbons (Fsp3) is 1.00. The first kappa shape index (κ1) is 7.56. The summed E-state index contributed by atoms with van der Waals surface area (Å²) >= 11 is 0. The van der Waals surface area contributed by atoms with Crippen molar-refractivity contribution in [3.63, 3.8) is 0 Å². The minimum Gasteiger partial charge on any atom is -0.319 e. The summed E-state index contributed by atoms with van der Waals surface area (Å²) in [6, 6.07) is 0. The second-order valence-electron chi connectivity index (χ2n) is 4.10. The minimum atomic E-state index is 0.711. The zero-order valence-electron chi connectivity index (χ0n) is 7.32. The van der Waals surface area contributed by atoms with Crippen molar-refractivity contribution in [2.45, 2.75) is 19.3 Å². The van der Waals surface area contributed by atoms with Gasteiger partial charge >= 0.3 is 0 Å². The standard InChI is InChI=1S/C9H18N2/c1-10-5-8-6-11-7-9(8)3-2-4-9/h8,10-11H,2-7H2,1H3.